The minimum Gasteiger partial charge on any atom is -0.466 e. The van der Waals surface area contributed by atoms with Gasteiger partial charge in [-0.15, -0.1) is 11.3 Å². The van der Waals surface area contributed by atoms with Crippen LogP contribution < -0.4 is 4.90 Å². The van der Waals surface area contributed by atoms with E-state index in [1.54, 1.807) is 6.92 Å². The molecule has 0 bridgehead atoms. The van der Waals surface area contributed by atoms with Crippen LogP contribution in [0.15, 0.2) is 5.38 Å². The van der Waals surface area contributed by atoms with Gasteiger partial charge in [-0.1, -0.05) is 0 Å². The first-order valence-electron chi connectivity index (χ1n) is 6.27. The molecule has 0 aliphatic rings. The van der Waals surface area contributed by atoms with Crippen LogP contribution >= 0.6 is 11.3 Å². The maximum Gasteiger partial charge on any atom is 0.306 e. The van der Waals surface area contributed by atoms with Gasteiger partial charge < -0.3 is 9.64 Å². The van der Waals surface area contributed by atoms with E-state index in [4.69, 9.17) is 10.00 Å². The molecule has 19 heavy (non-hydrogen) atoms. The lowest BCUT2D eigenvalue weighted by molar-refractivity contribution is -0.143. The number of ether oxygens (including phenoxy) is 1. The van der Waals surface area contributed by atoms with Crippen LogP contribution in [0.3, 0.4) is 0 Å². The van der Waals surface area contributed by atoms with Gasteiger partial charge in [0.05, 0.1) is 30.7 Å². The van der Waals surface area contributed by atoms with Crippen molar-refractivity contribution in [2.24, 2.45) is 5.92 Å². The largest absolute Gasteiger partial charge is 0.466 e. The molecule has 0 aromatic carbocycles. The molecule has 0 saturated carbocycles. The number of aromatic nitrogens is 1. The van der Waals surface area contributed by atoms with Gasteiger partial charge >= 0.3 is 5.97 Å². The van der Waals surface area contributed by atoms with E-state index in [9.17, 15) is 4.79 Å². The van der Waals surface area contributed by atoms with Crippen LogP contribution in [-0.2, 0) is 16.0 Å². The summed E-state index contributed by atoms with van der Waals surface area (Å²) in [6, 6.07) is 2.20. The Kier molecular flexibility index (Phi) is 6.30. The lowest BCUT2D eigenvalue weighted by Gasteiger charge is -2.16. The zero-order valence-corrected chi connectivity index (χ0v) is 12.4. The molecule has 0 N–H and O–H groups in total. The predicted molar refractivity (Wildman–Crippen MR) is 75.1 cm³/mol. The van der Waals surface area contributed by atoms with Gasteiger partial charge in [-0.3, -0.25) is 4.79 Å². The van der Waals surface area contributed by atoms with Crippen molar-refractivity contribution in [1.29, 1.82) is 5.26 Å². The summed E-state index contributed by atoms with van der Waals surface area (Å²) in [7, 11) is 1.92. The van der Waals surface area contributed by atoms with Gasteiger partial charge in [-0.25, -0.2) is 4.98 Å². The second kappa shape index (κ2) is 7.74. The van der Waals surface area contributed by atoms with Crippen LogP contribution in [0.4, 0.5) is 5.13 Å². The number of rotatable bonds is 7. The van der Waals surface area contributed by atoms with Crippen molar-refractivity contribution in [3.8, 4) is 6.07 Å². The van der Waals surface area contributed by atoms with Crippen molar-refractivity contribution in [2.75, 3.05) is 25.1 Å². The van der Waals surface area contributed by atoms with Gasteiger partial charge in [0.25, 0.3) is 0 Å². The van der Waals surface area contributed by atoms with Crippen molar-refractivity contribution in [1.82, 2.24) is 4.98 Å². The maximum absolute atomic E-state index is 11.2. The maximum atomic E-state index is 11.2. The second-order valence-electron chi connectivity index (χ2n) is 4.34. The smallest absolute Gasteiger partial charge is 0.306 e. The fraction of sp³-hybridized carbons (Fsp3) is 0.615. The third kappa shape index (κ3) is 5.26. The molecule has 0 saturated heterocycles. The molecule has 0 fully saturated rings. The Morgan fingerprint density at radius 1 is 1.68 bits per heavy atom. The highest BCUT2D eigenvalue weighted by Crippen LogP contribution is 2.21. The molecule has 6 heteroatoms. The van der Waals surface area contributed by atoms with Crippen molar-refractivity contribution in [2.45, 2.75) is 26.7 Å². The number of nitriles is 1. The molecule has 1 aromatic heterocycles. The number of hydrogen-bond donors (Lipinski definition) is 0. The molecule has 1 heterocycles. The molecule has 1 atom stereocenters. The number of anilines is 1. The first-order valence-corrected chi connectivity index (χ1v) is 7.15. The minimum atomic E-state index is -0.191. The Hall–Kier alpha value is -1.61. The highest BCUT2D eigenvalue weighted by Gasteiger charge is 2.11. The second-order valence-corrected chi connectivity index (χ2v) is 5.17. The standard InChI is InChI=1S/C13H19N3O2S/c1-4-18-12(17)6-5-11-9-19-13(15-11)16(3)8-10(2)7-14/h9-10H,4-6,8H2,1-3H3. The molecule has 0 spiro atoms. The summed E-state index contributed by atoms with van der Waals surface area (Å²) < 4.78 is 4.88. The van der Waals surface area contributed by atoms with Crippen LogP contribution in [-0.4, -0.2) is 31.2 Å². The summed E-state index contributed by atoms with van der Waals surface area (Å²) in [5.41, 5.74) is 0.893. The number of nitrogens with zero attached hydrogens (tertiary/aromatic N) is 3. The molecule has 5 nitrogen and oxygen atoms in total. The molecule has 1 aromatic rings. The monoisotopic (exact) mass is 281 g/mol. The van der Waals surface area contributed by atoms with Crippen LogP contribution in [0.25, 0.3) is 0 Å². The Balaban J connectivity index is 2.48. The Labute approximate surface area is 117 Å². The Morgan fingerprint density at radius 3 is 3.05 bits per heavy atom. The molecule has 0 aliphatic heterocycles. The minimum absolute atomic E-state index is 0.0307. The summed E-state index contributed by atoms with van der Waals surface area (Å²) >= 11 is 1.53. The quantitative estimate of drug-likeness (QED) is 0.717. The number of hydrogen-bond acceptors (Lipinski definition) is 6. The van der Waals surface area contributed by atoms with Crippen LogP contribution in [0.2, 0.25) is 0 Å². The van der Waals surface area contributed by atoms with Crippen molar-refractivity contribution < 1.29 is 9.53 Å². The van der Waals surface area contributed by atoms with Crippen molar-refractivity contribution in [3.05, 3.63) is 11.1 Å². The Morgan fingerprint density at radius 2 is 2.42 bits per heavy atom. The van der Waals surface area contributed by atoms with E-state index in [1.165, 1.54) is 11.3 Å². The average molecular weight is 281 g/mol. The summed E-state index contributed by atoms with van der Waals surface area (Å²) in [6.45, 7) is 4.74. The molecular weight excluding hydrogens is 262 g/mol. The average Bonchev–Trinajstić information content (AvgIpc) is 2.85. The SMILES string of the molecule is CCOC(=O)CCc1csc(N(C)CC(C)C#N)n1. The first kappa shape index (κ1) is 15.4. The summed E-state index contributed by atoms with van der Waals surface area (Å²) in [4.78, 5) is 17.7. The molecule has 0 amide bonds. The number of thiazole rings is 1. The van der Waals surface area contributed by atoms with Crippen LogP contribution in [0.1, 0.15) is 26.0 Å². The highest BCUT2D eigenvalue weighted by atomic mass is 32.1. The lowest BCUT2D eigenvalue weighted by atomic mass is 10.2. The molecule has 1 unspecified atom stereocenters. The van der Waals surface area contributed by atoms with Crippen molar-refractivity contribution in [3.63, 3.8) is 0 Å². The van der Waals surface area contributed by atoms with Crippen LogP contribution in [0, 0.1) is 17.2 Å². The van der Waals surface area contributed by atoms with Gasteiger partial charge in [0.2, 0.25) is 0 Å². The third-order valence-corrected chi connectivity index (χ3v) is 3.53. The van der Waals surface area contributed by atoms with E-state index >= 15 is 0 Å². The number of esters is 1. The first-order chi connectivity index (χ1) is 9.06. The summed E-state index contributed by atoms with van der Waals surface area (Å²) in [5, 5.41) is 11.6. The van der Waals surface area contributed by atoms with E-state index in [1.807, 2.05) is 24.3 Å². The number of carbonyl (C=O) groups is 1. The number of carbonyl (C=O) groups excluding carboxylic acids is 1. The van der Waals surface area contributed by atoms with Gasteiger partial charge in [0, 0.05) is 25.4 Å². The summed E-state index contributed by atoms with van der Waals surface area (Å²) in [5.74, 6) is -0.222. The topological polar surface area (TPSA) is 66.2 Å². The van der Waals surface area contributed by atoms with Gasteiger partial charge in [0.1, 0.15) is 0 Å². The molecular formula is C13H19N3O2S. The van der Waals surface area contributed by atoms with E-state index < -0.39 is 0 Å². The predicted octanol–water partition coefficient (Wildman–Crippen LogP) is 2.23. The number of aryl methyl sites for hydroxylation is 1. The van der Waals surface area contributed by atoms with E-state index in [0.717, 1.165) is 10.8 Å². The van der Waals surface area contributed by atoms with Gasteiger partial charge in [-0.2, -0.15) is 5.26 Å². The van der Waals surface area contributed by atoms with Gasteiger partial charge in [0.15, 0.2) is 5.13 Å². The summed E-state index contributed by atoms with van der Waals surface area (Å²) in [6.07, 6.45) is 0.951. The zero-order valence-electron chi connectivity index (χ0n) is 11.5. The lowest BCUT2D eigenvalue weighted by Crippen LogP contribution is -2.23. The molecule has 104 valence electrons. The fourth-order valence-corrected chi connectivity index (χ4v) is 2.42. The normalized spacial score (nSPS) is 11.7. The molecule has 0 aliphatic carbocycles. The highest BCUT2D eigenvalue weighted by molar-refractivity contribution is 7.13. The Bertz CT molecular complexity index is 453. The third-order valence-electron chi connectivity index (χ3n) is 2.52. The fourth-order valence-electron chi connectivity index (χ4n) is 1.58. The molecule has 1 rings (SSSR count). The van der Waals surface area contributed by atoms with E-state index in [2.05, 4.69) is 11.1 Å². The van der Waals surface area contributed by atoms with Gasteiger partial charge in [-0.05, 0) is 13.8 Å². The zero-order chi connectivity index (χ0) is 14.3. The van der Waals surface area contributed by atoms with E-state index in [0.29, 0.717) is 26.0 Å². The van der Waals surface area contributed by atoms with Crippen LogP contribution in [0.5, 0.6) is 0 Å². The van der Waals surface area contributed by atoms with E-state index in [-0.39, 0.29) is 11.9 Å². The molecule has 0 radical (unpaired) electrons. The van der Waals surface area contributed by atoms with Crippen molar-refractivity contribution >= 4 is 22.4 Å².